The number of methoxy groups -OCH3 is 1. The summed E-state index contributed by atoms with van der Waals surface area (Å²) in [7, 11) is 1.43. The molecule has 92 valence electrons. The lowest BCUT2D eigenvalue weighted by Gasteiger charge is -2.16. The van der Waals surface area contributed by atoms with Crippen LogP contribution in [-0.4, -0.2) is 35.8 Å². The molecular weight excluding hydrogens is 226 g/mol. The maximum absolute atomic E-state index is 11.1. The molecule has 0 saturated heterocycles. The van der Waals surface area contributed by atoms with Crippen LogP contribution in [0.1, 0.15) is 11.6 Å². The Morgan fingerprint density at radius 3 is 2.53 bits per heavy atom. The quantitative estimate of drug-likeness (QED) is 0.668. The summed E-state index contributed by atoms with van der Waals surface area (Å²) in [6.07, 6.45) is 0. The highest BCUT2D eigenvalue weighted by Crippen LogP contribution is 2.24. The predicted molar refractivity (Wildman–Crippen MR) is 59.0 cm³/mol. The Bertz CT molecular complexity index is 418. The first-order chi connectivity index (χ1) is 8.06. The summed E-state index contributed by atoms with van der Waals surface area (Å²) in [6.45, 7) is -0.436. The molecule has 0 aliphatic carbocycles. The smallest absolute Gasteiger partial charge is 0.325 e. The Balaban J connectivity index is 2.96. The van der Waals surface area contributed by atoms with Gasteiger partial charge in [0.2, 0.25) is 0 Å². The van der Waals surface area contributed by atoms with E-state index in [9.17, 15) is 9.59 Å². The fraction of sp³-hybridized carbons (Fsp3) is 0.273. The van der Waals surface area contributed by atoms with Crippen LogP contribution in [0.2, 0.25) is 0 Å². The molecule has 1 aromatic carbocycles. The van der Waals surface area contributed by atoms with Gasteiger partial charge in [0.05, 0.1) is 13.7 Å². The molecular formula is C11H13NO5. The minimum absolute atomic E-state index is 0.392. The third-order valence-electron chi connectivity index (χ3n) is 2.15. The summed E-state index contributed by atoms with van der Waals surface area (Å²) in [5.41, 5.74) is 0.392. The summed E-state index contributed by atoms with van der Waals surface area (Å²) in [6, 6.07) is 5.46. The fourth-order valence-electron chi connectivity index (χ4n) is 1.42. The zero-order valence-corrected chi connectivity index (χ0v) is 9.21. The van der Waals surface area contributed by atoms with E-state index in [1.807, 2.05) is 0 Å². The van der Waals surface area contributed by atoms with Crippen molar-refractivity contribution in [2.24, 2.45) is 0 Å². The molecule has 1 unspecified atom stereocenters. The number of para-hydroxylation sites is 1. The normalized spacial score (nSPS) is 11.8. The van der Waals surface area contributed by atoms with Crippen LogP contribution in [0.3, 0.4) is 0 Å². The highest BCUT2D eigenvalue weighted by atomic mass is 16.5. The number of aliphatic carboxylic acids is 2. The van der Waals surface area contributed by atoms with Crippen molar-refractivity contribution in [3.05, 3.63) is 29.8 Å². The number of nitrogens with one attached hydrogen (secondary N) is 1. The average Bonchev–Trinajstić information content (AvgIpc) is 2.29. The second-order valence-corrected chi connectivity index (χ2v) is 3.29. The standard InChI is InChI=1S/C11H13NO5/c1-17-8-5-3-2-4-7(8)10(11(15)16)12-6-9(13)14/h2-5,10,12H,6H2,1H3,(H,13,14)(H,15,16). The van der Waals surface area contributed by atoms with Gasteiger partial charge in [0, 0.05) is 5.56 Å². The van der Waals surface area contributed by atoms with Gasteiger partial charge in [-0.3, -0.25) is 14.9 Å². The Morgan fingerprint density at radius 1 is 1.35 bits per heavy atom. The van der Waals surface area contributed by atoms with Gasteiger partial charge >= 0.3 is 11.9 Å². The lowest BCUT2D eigenvalue weighted by molar-refractivity contribution is -0.140. The topological polar surface area (TPSA) is 95.9 Å². The number of carboxylic acids is 2. The van der Waals surface area contributed by atoms with Crippen molar-refractivity contribution in [1.82, 2.24) is 5.32 Å². The lowest BCUT2D eigenvalue weighted by atomic mass is 10.1. The van der Waals surface area contributed by atoms with E-state index in [0.717, 1.165) is 0 Å². The molecule has 1 atom stereocenters. The van der Waals surface area contributed by atoms with Crippen LogP contribution in [0, 0.1) is 0 Å². The van der Waals surface area contributed by atoms with Crippen molar-refractivity contribution in [2.45, 2.75) is 6.04 Å². The van der Waals surface area contributed by atoms with Crippen molar-refractivity contribution in [2.75, 3.05) is 13.7 Å². The van der Waals surface area contributed by atoms with Gasteiger partial charge in [0.15, 0.2) is 0 Å². The van der Waals surface area contributed by atoms with Crippen molar-refractivity contribution in [3.63, 3.8) is 0 Å². The Hall–Kier alpha value is -2.08. The van der Waals surface area contributed by atoms with E-state index >= 15 is 0 Å². The third-order valence-corrected chi connectivity index (χ3v) is 2.15. The lowest BCUT2D eigenvalue weighted by Crippen LogP contribution is -2.32. The van der Waals surface area contributed by atoms with Gasteiger partial charge in [0.25, 0.3) is 0 Å². The van der Waals surface area contributed by atoms with E-state index in [1.165, 1.54) is 7.11 Å². The Morgan fingerprint density at radius 2 is 2.00 bits per heavy atom. The molecule has 17 heavy (non-hydrogen) atoms. The first kappa shape index (κ1) is 13.0. The minimum atomic E-state index is -1.16. The zero-order chi connectivity index (χ0) is 12.8. The second-order valence-electron chi connectivity index (χ2n) is 3.29. The van der Waals surface area contributed by atoms with Gasteiger partial charge in [-0.1, -0.05) is 18.2 Å². The van der Waals surface area contributed by atoms with Crippen LogP contribution in [0.4, 0.5) is 0 Å². The molecule has 3 N–H and O–H groups in total. The molecule has 0 radical (unpaired) electrons. The number of rotatable bonds is 6. The van der Waals surface area contributed by atoms with Crippen molar-refractivity contribution in [1.29, 1.82) is 0 Å². The zero-order valence-electron chi connectivity index (χ0n) is 9.21. The summed E-state index contributed by atoms with van der Waals surface area (Å²) in [5, 5.41) is 20.0. The number of carboxylic acid groups (broad SMARTS) is 2. The highest BCUT2D eigenvalue weighted by Gasteiger charge is 2.23. The maximum Gasteiger partial charge on any atom is 0.325 e. The molecule has 0 bridgehead atoms. The molecule has 1 rings (SSSR count). The number of carbonyl (C=O) groups is 2. The molecule has 0 aliphatic rings. The average molecular weight is 239 g/mol. The van der Waals surface area contributed by atoms with E-state index in [4.69, 9.17) is 14.9 Å². The van der Waals surface area contributed by atoms with Gasteiger partial charge in [0.1, 0.15) is 11.8 Å². The van der Waals surface area contributed by atoms with Gasteiger partial charge in [-0.05, 0) is 6.07 Å². The van der Waals surface area contributed by atoms with Gasteiger partial charge in [-0.15, -0.1) is 0 Å². The van der Waals surface area contributed by atoms with E-state index in [-0.39, 0.29) is 0 Å². The Labute approximate surface area is 97.8 Å². The monoisotopic (exact) mass is 239 g/mol. The summed E-state index contributed by atoms with van der Waals surface area (Å²) >= 11 is 0. The molecule has 0 fully saturated rings. The molecule has 0 heterocycles. The maximum atomic E-state index is 11.1. The van der Waals surface area contributed by atoms with Crippen molar-refractivity contribution >= 4 is 11.9 Å². The SMILES string of the molecule is COc1ccccc1C(NCC(=O)O)C(=O)O. The van der Waals surface area contributed by atoms with E-state index in [2.05, 4.69) is 5.32 Å². The molecule has 1 aromatic rings. The van der Waals surface area contributed by atoms with Gasteiger partial charge < -0.3 is 14.9 Å². The highest BCUT2D eigenvalue weighted by molar-refractivity contribution is 5.78. The number of hydrogen-bond donors (Lipinski definition) is 3. The molecule has 0 aromatic heterocycles. The first-order valence-electron chi connectivity index (χ1n) is 4.87. The van der Waals surface area contributed by atoms with E-state index in [0.29, 0.717) is 11.3 Å². The number of benzene rings is 1. The molecule has 0 saturated carbocycles. The molecule has 0 aliphatic heterocycles. The van der Waals surface area contributed by atoms with E-state index in [1.54, 1.807) is 24.3 Å². The largest absolute Gasteiger partial charge is 0.496 e. The third kappa shape index (κ3) is 3.46. The summed E-state index contributed by atoms with van der Waals surface area (Å²) in [5.74, 6) is -1.88. The predicted octanol–water partition coefficient (Wildman–Crippen LogP) is 0.495. The van der Waals surface area contributed by atoms with E-state index < -0.39 is 24.5 Å². The van der Waals surface area contributed by atoms with Crippen LogP contribution < -0.4 is 10.1 Å². The molecule has 0 spiro atoms. The van der Waals surface area contributed by atoms with Crippen LogP contribution in [-0.2, 0) is 9.59 Å². The van der Waals surface area contributed by atoms with Crippen molar-refractivity contribution in [3.8, 4) is 5.75 Å². The Kier molecular flexibility index (Phi) is 4.47. The number of hydrogen-bond acceptors (Lipinski definition) is 4. The van der Waals surface area contributed by atoms with Gasteiger partial charge in [-0.2, -0.15) is 0 Å². The summed E-state index contributed by atoms with van der Waals surface area (Å²) in [4.78, 5) is 21.5. The molecule has 6 heteroatoms. The van der Waals surface area contributed by atoms with Gasteiger partial charge in [-0.25, -0.2) is 0 Å². The van der Waals surface area contributed by atoms with Crippen LogP contribution in [0.25, 0.3) is 0 Å². The minimum Gasteiger partial charge on any atom is -0.496 e. The van der Waals surface area contributed by atoms with Crippen LogP contribution in [0.5, 0.6) is 5.75 Å². The van der Waals surface area contributed by atoms with Crippen LogP contribution in [0.15, 0.2) is 24.3 Å². The molecule has 0 amide bonds. The second kappa shape index (κ2) is 5.86. The first-order valence-corrected chi connectivity index (χ1v) is 4.87. The molecule has 6 nitrogen and oxygen atoms in total. The van der Waals surface area contributed by atoms with Crippen molar-refractivity contribution < 1.29 is 24.5 Å². The van der Waals surface area contributed by atoms with Crippen LogP contribution >= 0.6 is 0 Å². The summed E-state index contributed by atoms with van der Waals surface area (Å²) < 4.78 is 5.03. The number of ether oxygens (including phenoxy) is 1. The fourth-order valence-corrected chi connectivity index (χ4v) is 1.42.